The summed E-state index contributed by atoms with van der Waals surface area (Å²) in [6, 6.07) is 8.97. The number of aliphatic hydroxyl groups excluding tert-OH is 1. The minimum atomic E-state index is -1.58. The SMILES string of the molecule is CC(C)(C)C1=C[C@@H]2OC(=O)C[C@@]23C(=O)O[C@@H]2N(c4ccccc4)NC(=O)[C@H](O)[C@@]123. The largest absolute Gasteiger partial charge is 0.457 e. The van der Waals surface area contributed by atoms with E-state index in [0.717, 1.165) is 0 Å². The number of rotatable bonds is 1. The lowest BCUT2D eigenvalue weighted by atomic mass is 9.54. The standard InChI is InChI=1S/C21H22N2O6/c1-19(2,3)12-9-13-20(10-14(24)28-13)18(27)29-17-21(12,20)15(25)16(26)22-23(17)11-7-5-4-6-8-11/h4-9,13,15,17,25H,10H2,1-3H3,(H,22,26)/t13-,15-,17-,20-,21-/m0/s1. The lowest BCUT2D eigenvalue weighted by molar-refractivity contribution is -0.152. The number of nitrogens with one attached hydrogen (secondary N) is 1. The van der Waals surface area contributed by atoms with E-state index in [1.54, 1.807) is 30.3 Å². The normalized spacial score (nSPS) is 37.9. The molecule has 0 aromatic heterocycles. The van der Waals surface area contributed by atoms with Crippen LogP contribution in [0.4, 0.5) is 5.69 Å². The molecular weight excluding hydrogens is 376 g/mol. The molecular formula is C21H22N2O6. The van der Waals surface area contributed by atoms with Crippen molar-refractivity contribution < 1.29 is 29.0 Å². The van der Waals surface area contributed by atoms with Gasteiger partial charge in [-0.25, -0.2) is 5.01 Å². The van der Waals surface area contributed by atoms with Crippen molar-refractivity contribution >= 4 is 23.5 Å². The molecule has 2 spiro atoms. The van der Waals surface area contributed by atoms with Crippen LogP contribution in [-0.2, 0) is 23.9 Å². The van der Waals surface area contributed by atoms with Crippen molar-refractivity contribution in [1.29, 1.82) is 0 Å². The minimum absolute atomic E-state index is 0.240. The molecule has 3 saturated heterocycles. The number of ether oxygens (including phenoxy) is 2. The molecule has 1 aromatic carbocycles. The zero-order valence-corrected chi connectivity index (χ0v) is 16.3. The van der Waals surface area contributed by atoms with Gasteiger partial charge in [0.05, 0.1) is 12.1 Å². The van der Waals surface area contributed by atoms with Gasteiger partial charge >= 0.3 is 11.9 Å². The van der Waals surface area contributed by atoms with Gasteiger partial charge in [0.25, 0.3) is 5.91 Å². The highest BCUT2D eigenvalue weighted by Gasteiger charge is 2.84. The number of amides is 1. The predicted molar refractivity (Wildman–Crippen MR) is 99.9 cm³/mol. The van der Waals surface area contributed by atoms with Crippen molar-refractivity contribution in [2.24, 2.45) is 16.2 Å². The first kappa shape index (κ1) is 18.2. The first-order valence-corrected chi connectivity index (χ1v) is 9.60. The van der Waals surface area contributed by atoms with Crippen LogP contribution in [0.25, 0.3) is 0 Å². The Morgan fingerprint density at radius 2 is 1.83 bits per heavy atom. The fourth-order valence-electron chi connectivity index (χ4n) is 5.60. The Morgan fingerprint density at radius 1 is 1.14 bits per heavy atom. The first-order chi connectivity index (χ1) is 13.6. The summed E-state index contributed by atoms with van der Waals surface area (Å²) < 4.78 is 11.3. The summed E-state index contributed by atoms with van der Waals surface area (Å²) in [5, 5.41) is 12.8. The minimum Gasteiger partial charge on any atom is -0.457 e. The number of para-hydroxylation sites is 1. The van der Waals surface area contributed by atoms with Gasteiger partial charge in [-0.15, -0.1) is 0 Å². The third-order valence-electron chi connectivity index (χ3n) is 6.63. The number of esters is 2. The molecule has 0 unspecified atom stereocenters. The van der Waals surface area contributed by atoms with Gasteiger partial charge in [0.1, 0.15) is 16.9 Å². The zero-order valence-electron chi connectivity index (χ0n) is 16.3. The van der Waals surface area contributed by atoms with Crippen LogP contribution < -0.4 is 10.4 Å². The number of aliphatic hydroxyl groups is 1. The van der Waals surface area contributed by atoms with E-state index in [2.05, 4.69) is 5.43 Å². The van der Waals surface area contributed by atoms with E-state index in [4.69, 9.17) is 9.47 Å². The summed E-state index contributed by atoms with van der Waals surface area (Å²) in [5.41, 5.74) is 0.504. The van der Waals surface area contributed by atoms with Crippen LogP contribution in [0.15, 0.2) is 42.0 Å². The Bertz CT molecular complexity index is 967. The summed E-state index contributed by atoms with van der Waals surface area (Å²) in [7, 11) is 0. The molecule has 1 amide bonds. The number of carbonyl (C=O) groups excluding carboxylic acids is 3. The predicted octanol–water partition coefficient (Wildman–Crippen LogP) is 1.06. The highest BCUT2D eigenvalue weighted by Crippen LogP contribution is 2.70. The van der Waals surface area contributed by atoms with Crippen molar-refractivity contribution in [3.05, 3.63) is 42.0 Å². The number of carbonyl (C=O) groups is 3. The van der Waals surface area contributed by atoms with E-state index in [0.29, 0.717) is 11.3 Å². The van der Waals surface area contributed by atoms with Crippen LogP contribution in [0.3, 0.4) is 0 Å². The second-order valence-electron chi connectivity index (χ2n) is 9.10. The van der Waals surface area contributed by atoms with Gasteiger partial charge in [-0.05, 0) is 29.2 Å². The van der Waals surface area contributed by atoms with Gasteiger partial charge < -0.3 is 14.6 Å². The second kappa shape index (κ2) is 5.38. The first-order valence-electron chi connectivity index (χ1n) is 9.60. The van der Waals surface area contributed by atoms with Gasteiger partial charge in [0.15, 0.2) is 6.10 Å². The van der Waals surface area contributed by atoms with Crippen LogP contribution in [0.1, 0.15) is 27.2 Å². The fraction of sp³-hybridized carbons (Fsp3) is 0.476. The molecule has 152 valence electrons. The number of hydrazine groups is 1. The van der Waals surface area contributed by atoms with Crippen LogP contribution >= 0.6 is 0 Å². The third kappa shape index (κ3) is 1.95. The Balaban J connectivity index is 1.80. The van der Waals surface area contributed by atoms with E-state index in [1.165, 1.54) is 5.01 Å². The van der Waals surface area contributed by atoms with Crippen LogP contribution in [0, 0.1) is 16.2 Å². The van der Waals surface area contributed by atoms with E-state index < -0.39 is 52.5 Å². The smallest absolute Gasteiger partial charge is 0.320 e. The van der Waals surface area contributed by atoms with Gasteiger partial charge in [-0.3, -0.25) is 19.8 Å². The summed E-state index contributed by atoms with van der Waals surface area (Å²) in [4.78, 5) is 38.5. The van der Waals surface area contributed by atoms with Crippen LogP contribution in [0.5, 0.6) is 0 Å². The van der Waals surface area contributed by atoms with Gasteiger partial charge in [-0.2, -0.15) is 0 Å². The average molecular weight is 398 g/mol. The molecule has 29 heavy (non-hydrogen) atoms. The average Bonchev–Trinajstić information content (AvgIpc) is 3.22. The Hall–Kier alpha value is -2.87. The van der Waals surface area contributed by atoms with Crippen molar-refractivity contribution in [2.75, 3.05) is 5.01 Å². The molecule has 5 rings (SSSR count). The van der Waals surface area contributed by atoms with Crippen LogP contribution in [0.2, 0.25) is 0 Å². The monoisotopic (exact) mass is 398 g/mol. The molecule has 8 heteroatoms. The highest BCUT2D eigenvalue weighted by molar-refractivity contribution is 5.97. The molecule has 3 heterocycles. The van der Waals surface area contributed by atoms with Crippen molar-refractivity contribution in [3.63, 3.8) is 0 Å². The Morgan fingerprint density at radius 3 is 2.48 bits per heavy atom. The second-order valence-corrected chi connectivity index (χ2v) is 9.10. The molecule has 0 saturated carbocycles. The Labute approximate surface area is 167 Å². The zero-order chi connectivity index (χ0) is 20.8. The van der Waals surface area contributed by atoms with Crippen molar-refractivity contribution in [2.45, 2.75) is 45.6 Å². The molecule has 3 fully saturated rings. The third-order valence-corrected chi connectivity index (χ3v) is 6.63. The number of benzene rings is 1. The molecule has 0 bridgehead atoms. The van der Waals surface area contributed by atoms with Gasteiger partial charge in [-0.1, -0.05) is 39.0 Å². The summed E-state index contributed by atoms with van der Waals surface area (Å²) in [6.07, 6.45) is -1.97. The number of hydrogen-bond donors (Lipinski definition) is 2. The molecule has 8 nitrogen and oxygen atoms in total. The maximum atomic E-state index is 13.3. The molecule has 4 aliphatic rings. The maximum absolute atomic E-state index is 13.3. The molecule has 0 radical (unpaired) electrons. The quantitative estimate of drug-likeness (QED) is 0.538. The van der Waals surface area contributed by atoms with E-state index in [-0.39, 0.29) is 6.42 Å². The van der Waals surface area contributed by atoms with E-state index >= 15 is 0 Å². The molecule has 1 aliphatic carbocycles. The lowest BCUT2D eigenvalue weighted by Gasteiger charge is -2.52. The van der Waals surface area contributed by atoms with E-state index in [1.807, 2.05) is 26.8 Å². The Kier molecular flexibility index (Phi) is 3.37. The molecule has 3 aliphatic heterocycles. The number of nitrogens with zero attached hydrogens (tertiary/aromatic N) is 1. The number of anilines is 1. The molecule has 1 aromatic rings. The van der Waals surface area contributed by atoms with Gasteiger partial charge in [0, 0.05) is 0 Å². The summed E-state index contributed by atoms with van der Waals surface area (Å²) >= 11 is 0. The summed E-state index contributed by atoms with van der Waals surface area (Å²) in [6.45, 7) is 5.82. The topological polar surface area (TPSA) is 105 Å². The maximum Gasteiger partial charge on any atom is 0.320 e. The summed E-state index contributed by atoms with van der Waals surface area (Å²) in [5.74, 6) is -1.83. The van der Waals surface area contributed by atoms with Crippen molar-refractivity contribution in [1.82, 2.24) is 5.43 Å². The molecule has 5 atom stereocenters. The lowest BCUT2D eigenvalue weighted by Crippen LogP contribution is -2.71. The van der Waals surface area contributed by atoms with Crippen molar-refractivity contribution in [3.8, 4) is 0 Å². The molecule has 2 N–H and O–H groups in total. The highest BCUT2D eigenvalue weighted by atomic mass is 16.6. The van der Waals surface area contributed by atoms with Gasteiger partial charge in [0.2, 0.25) is 6.23 Å². The fourth-order valence-corrected chi connectivity index (χ4v) is 5.60. The number of hydrogen-bond acceptors (Lipinski definition) is 7. The van der Waals surface area contributed by atoms with Crippen LogP contribution in [-0.4, -0.2) is 41.4 Å². The van der Waals surface area contributed by atoms with E-state index in [9.17, 15) is 19.5 Å².